The minimum atomic E-state index is 0.889. The third-order valence-corrected chi connectivity index (χ3v) is 7.63. The van der Waals surface area contributed by atoms with Crippen molar-refractivity contribution in [2.24, 2.45) is 0 Å². The van der Waals surface area contributed by atoms with Crippen LogP contribution in [0.3, 0.4) is 0 Å². The molecule has 0 radical (unpaired) electrons. The Labute approximate surface area is 219 Å². The molecule has 1 aliphatic rings. The summed E-state index contributed by atoms with van der Waals surface area (Å²) in [7, 11) is 1.74. The zero-order chi connectivity index (χ0) is 25.4. The van der Waals surface area contributed by atoms with Crippen LogP contribution in [0.2, 0.25) is 0 Å². The van der Waals surface area contributed by atoms with Gasteiger partial charge in [0.05, 0.1) is 7.11 Å². The fourth-order valence-electron chi connectivity index (χ4n) is 6.06. The molecule has 0 aromatic heterocycles. The maximum absolute atomic E-state index is 5.63. The molecule has 0 aliphatic carbocycles. The number of allylic oxidation sites excluding steroid dienone is 1. The zero-order valence-electron chi connectivity index (χ0n) is 21.9. The Morgan fingerprint density at radius 3 is 2.16 bits per heavy atom. The highest BCUT2D eigenvalue weighted by molar-refractivity contribution is 6.11. The van der Waals surface area contributed by atoms with Gasteiger partial charge in [0.1, 0.15) is 5.75 Å². The van der Waals surface area contributed by atoms with Crippen LogP contribution < -0.4 is 4.74 Å². The first-order valence-corrected chi connectivity index (χ1v) is 13.3. The summed E-state index contributed by atoms with van der Waals surface area (Å²) in [5.41, 5.74) is 9.42. The lowest BCUT2D eigenvalue weighted by Gasteiger charge is -2.23. The van der Waals surface area contributed by atoms with Crippen molar-refractivity contribution < 1.29 is 4.74 Å². The Morgan fingerprint density at radius 2 is 1.46 bits per heavy atom. The summed E-state index contributed by atoms with van der Waals surface area (Å²) >= 11 is 0. The summed E-state index contributed by atoms with van der Waals surface area (Å²) in [5.74, 6) is 0.889. The van der Waals surface area contributed by atoms with Crippen molar-refractivity contribution in [3.05, 3.63) is 108 Å². The number of nitrogens with zero attached hydrogens (tertiary/aromatic N) is 1. The summed E-state index contributed by atoms with van der Waals surface area (Å²) in [6.45, 7) is 7.31. The maximum atomic E-state index is 5.63. The average molecular weight is 484 g/mol. The highest BCUT2D eigenvalue weighted by Gasteiger charge is 2.27. The van der Waals surface area contributed by atoms with E-state index in [2.05, 4.69) is 110 Å². The number of methoxy groups -OCH3 is 1. The van der Waals surface area contributed by atoms with Gasteiger partial charge in [0.2, 0.25) is 0 Å². The molecular formula is C35H33NO. The van der Waals surface area contributed by atoms with Gasteiger partial charge >= 0.3 is 0 Å². The minimum Gasteiger partial charge on any atom is -0.497 e. The highest BCUT2D eigenvalue weighted by Crippen LogP contribution is 2.47. The van der Waals surface area contributed by atoms with Crippen LogP contribution in [0.15, 0.2) is 91.0 Å². The maximum Gasteiger partial charge on any atom is 0.119 e. The van der Waals surface area contributed by atoms with Crippen molar-refractivity contribution in [2.75, 3.05) is 13.7 Å². The van der Waals surface area contributed by atoms with Gasteiger partial charge in [0, 0.05) is 13.1 Å². The van der Waals surface area contributed by atoms with Crippen molar-refractivity contribution in [3.63, 3.8) is 0 Å². The Balaban J connectivity index is 1.80. The second-order valence-corrected chi connectivity index (χ2v) is 9.98. The molecule has 0 N–H and O–H groups in total. The number of benzene rings is 5. The predicted molar refractivity (Wildman–Crippen MR) is 158 cm³/mol. The largest absolute Gasteiger partial charge is 0.497 e. The SMILES string of the molecule is C/C=C/c1cc2ccccc2c2c1CN(CCC)Cc1c(-c3cccc(OC)c3)cc3ccccc3c1-2. The fourth-order valence-corrected chi connectivity index (χ4v) is 6.06. The summed E-state index contributed by atoms with van der Waals surface area (Å²) in [6, 6.07) is 31.1. The molecule has 184 valence electrons. The molecule has 0 saturated carbocycles. The molecule has 5 aromatic carbocycles. The Bertz CT molecular complexity index is 1650. The van der Waals surface area contributed by atoms with Gasteiger partial charge in [-0.15, -0.1) is 0 Å². The van der Waals surface area contributed by atoms with Crippen LogP contribution in [-0.2, 0) is 13.1 Å². The first-order chi connectivity index (χ1) is 18.2. The second-order valence-electron chi connectivity index (χ2n) is 9.98. The van der Waals surface area contributed by atoms with E-state index >= 15 is 0 Å². The van der Waals surface area contributed by atoms with Gasteiger partial charge < -0.3 is 4.74 Å². The lowest BCUT2D eigenvalue weighted by Crippen LogP contribution is -2.23. The van der Waals surface area contributed by atoms with Gasteiger partial charge in [0.25, 0.3) is 0 Å². The Morgan fingerprint density at radius 1 is 0.784 bits per heavy atom. The zero-order valence-corrected chi connectivity index (χ0v) is 21.9. The molecule has 37 heavy (non-hydrogen) atoms. The molecule has 2 heteroatoms. The van der Waals surface area contributed by atoms with Gasteiger partial charge in [-0.3, -0.25) is 4.90 Å². The van der Waals surface area contributed by atoms with Crippen LogP contribution in [-0.4, -0.2) is 18.6 Å². The molecule has 0 atom stereocenters. The van der Waals surface area contributed by atoms with Crippen LogP contribution in [0, 0.1) is 0 Å². The van der Waals surface area contributed by atoms with Gasteiger partial charge in [-0.2, -0.15) is 0 Å². The summed E-state index contributed by atoms with van der Waals surface area (Å²) in [4.78, 5) is 2.63. The third-order valence-electron chi connectivity index (χ3n) is 7.63. The minimum absolute atomic E-state index is 0.889. The van der Waals surface area contributed by atoms with E-state index in [0.29, 0.717) is 0 Å². The third kappa shape index (κ3) is 4.12. The van der Waals surface area contributed by atoms with Crippen LogP contribution in [0.4, 0.5) is 0 Å². The summed E-state index contributed by atoms with van der Waals surface area (Å²) < 4.78 is 5.63. The van der Waals surface area contributed by atoms with Gasteiger partial charge in [-0.05, 0) is 105 Å². The topological polar surface area (TPSA) is 12.5 Å². The molecular weight excluding hydrogens is 450 g/mol. The standard InChI is InChI=1S/C35H33NO/c1-4-11-24-19-25-12-6-8-16-29(25)34-32(24)22-36(18-5-2)23-33-31(26-14-10-15-28(20-26)37-3)21-27-13-7-9-17-30(27)35(33)34/h4,6-17,19-21H,5,18,22-23H2,1-3H3/b11-4+. The number of ether oxygens (including phenoxy) is 1. The first-order valence-electron chi connectivity index (χ1n) is 13.3. The van der Waals surface area contributed by atoms with E-state index in [0.717, 1.165) is 31.8 Å². The molecule has 0 spiro atoms. The number of hydrogen-bond acceptors (Lipinski definition) is 2. The van der Waals surface area contributed by atoms with E-state index in [1.54, 1.807) is 7.11 Å². The molecule has 0 fully saturated rings. The monoisotopic (exact) mass is 483 g/mol. The van der Waals surface area contributed by atoms with Crippen LogP contribution in [0.25, 0.3) is 49.9 Å². The lowest BCUT2D eigenvalue weighted by molar-refractivity contribution is 0.260. The molecule has 1 heterocycles. The molecule has 5 aromatic rings. The molecule has 0 unspecified atom stereocenters. The van der Waals surface area contributed by atoms with Crippen molar-refractivity contribution in [1.29, 1.82) is 0 Å². The smallest absolute Gasteiger partial charge is 0.119 e. The lowest BCUT2D eigenvalue weighted by atomic mass is 9.83. The second kappa shape index (κ2) is 9.88. The fraction of sp³-hybridized carbons (Fsp3) is 0.200. The van der Waals surface area contributed by atoms with E-state index < -0.39 is 0 Å². The highest BCUT2D eigenvalue weighted by atomic mass is 16.5. The quantitative estimate of drug-likeness (QED) is 0.247. The van der Waals surface area contributed by atoms with Gasteiger partial charge in [-0.25, -0.2) is 0 Å². The van der Waals surface area contributed by atoms with Crippen LogP contribution in [0.5, 0.6) is 5.75 Å². The summed E-state index contributed by atoms with van der Waals surface area (Å²) in [5, 5.41) is 5.22. The normalized spacial score (nSPS) is 13.6. The first kappa shape index (κ1) is 23.5. The van der Waals surface area contributed by atoms with E-state index in [-0.39, 0.29) is 0 Å². The van der Waals surface area contributed by atoms with E-state index in [1.807, 2.05) is 6.07 Å². The Hall–Kier alpha value is -3.88. The van der Waals surface area contributed by atoms with Crippen molar-refractivity contribution >= 4 is 27.6 Å². The van der Waals surface area contributed by atoms with E-state index in [4.69, 9.17) is 4.74 Å². The van der Waals surface area contributed by atoms with Crippen LogP contribution >= 0.6 is 0 Å². The number of fused-ring (bicyclic) bond motifs is 7. The van der Waals surface area contributed by atoms with Crippen molar-refractivity contribution in [2.45, 2.75) is 33.4 Å². The van der Waals surface area contributed by atoms with E-state index in [1.165, 1.54) is 60.5 Å². The van der Waals surface area contributed by atoms with Gasteiger partial charge in [-0.1, -0.05) is 79.7 Å². The Kier molecular flexibility index (Phi) is 6.28. The average Bonchev–Trinajstić information content (AvgIpc) is 3.11. The van der Waals surface area contributed by atoms with E-state index in [9.17, 15) is 0 Å². The number of rotatable bonds is 5. The van der Waals surface area contributed by atoms with Gasteiger partial charge in [0.15, 0.2) is 0 Å². The molecule has 0 amide bonds. The molecule has 2 nitrogen and oxygen atoms in total. The molecule has 0 bridgehead atoms. The molecule has 6 rings (SSSR count). The summed E-state index contributed by atoms with van der Waals surface area (Å²) in [6.07, 6.45) is 5.58. The van der Waals surface area contributed by atoms with Crippen molar-refractivity contribution in [3.8, 4) is 28.0 Å². The van der Waals surface area contributed by atoms with Crippen LogP contribution in [0.1, 0.15) is 37.0 Å². The van der Waals surface area contributed by atoms with Crippen molar-refractivity contribution in [1.82, 2.24) is 4.90 Å². The number of hydrogen-bond donors (Lipinski definition) is 0. The molecule has 1 aliphatic heterocycles. The molecule has 0 saturated heterocycles. The predicted octanol–water partition coefficient (Wildman–Crippen LogP) is 9.09.